The number of nitrogens with one attached hydrogen (secondary N) is 2. The Balaban J connectivity index is 1.55. The highest BCUT2D eigenvalue weighted by Gasteiger charge is 2.29. The van der Waals surface area contributed by atoms with Gasteiger partial charge in [-0.15, -0.1) is 0 Å². The van der Waals surface area contributed by atoms with Gasteiger partial charge in [0.2, 0.25) is 12.7 Å². The lowest BCUT2D eigenvalue weighted by Crippen LogP contribution is -2.44. The van der Waals surface area contributed by atoms with Crippen LogP contribution in [-0.4, -0.2) is 31.7 Å². The maximum Gasteiger partial charge on any atom is 0.251 e. The first-order valence-electron chi connectivity index (χ1n) is 9.68. The summed E-state index contributed by atoms with van der Waals surface area (Å²) in [4.78, 5) is 24.7. The van der Waals surface area contributed by atoms with Crippen molar-refractivity contribution in [3.8, 4) is 11.5 Å². The number of carbonyl (C=O) groups is 2. The van der Waals surface area contributed by atoms with E-state index in [9.17, 15) is 9.59 Å². The number of benzene rings is 2. The van der Waals surface area contributed by atoms with E-state index in [-0.39, 0.29) is 30.6 Å². The van der Waals surface area contributed by atoms with Gasteiger partial charge in [0.05, 0.1) is 6.54 Å². The molecule has 0 atom stereocenters. The highest BCUT2D eigenvalue weighted by Crippen LogP contribution is 2.33. The molecule has 6 nitrogen and oxygen atoms in total. The molecule has 0 radical (unpaired) electrons. The lowest BCUT2D eigenvalue weighted by molar-refractivity contribution is -0.120. The van der Waals surface area contributed by atoms with Gasteiger partial charge in [-0.05, 0) is 48.7 Å². The average Bonchev–Trinajstić information content (AvgIpc) is 3.22. The molecule has 0 aromatic heterocycles. The molecule has 0 bridgehead atoms. The Bertz CT molecular complexity index is 879. The standard InChI is InChI=1S/C22H25ClN2O4/c1-3-22(4-2,16-6-8-17(23)9-7-16)13-25-20(26)12-24-21(27)15-5-10-18-19(11-15)29-14-28-18/h5-11H,3-4,12-14H2,1-2H3,(H,24,27)(H,25,26). The van der Waals surface area contributed by atoms with Gasteiger partial charge >= 0.3 is 0 Å². The van der Waals surface area contributed by atoms with Gasteiger partial charge in [0.15, 0.2) is 11.5 Å². The largest absolute Gasteiger partial charge is 0.454 e. The first kappa shape index (κ1) is 21.0. The fraction of sp³-hybridized carbons (Fsp3) is 0.364. The van der Waals surface area contributed by atoms with E-state index in [0.717, 1.165) is 18.4 Å². The van der Waals surface area contributed by atoms with Crippen LogP contribution in [0.25, 0.3) is 0 Å². The molecule has 2 aromatic carbocycles. The summed E-state index contributed by atoms with van der Waals surface area (Å²) in [6.07, 6.45) is 1.74. The van der Waals surface area contributed by atoms with Crippen LogP contribution in [0.15, 0.2) is 42.5 Å². The average molecular weight is 417 g/mol. The highest BCUT2D eigenvalue weighted by molar-refractivity contribution is 6.30. The first-order valence-corrected chi connectivity index (χ1v) is 10.1. The summed E-state index contributed by atoms with van der Waals surface area (Å²) in [7, 11) is 0. The number of fused-ring (bicyclic) bond motifs is 1. The van der Waals surface area contributed by atoms with Gasteiger partial charge in [-0.25, -0.2) is 0 Å². The lowest BCUT2D eigenvalue weighted by atomic mass is 9.76. The van der Waals surface area contributed by atoms with Crippen molar-refractivity contribution in [2.45, 2.75) is 32.1 Å². The first-order chi connectivity index (χ1) is 14.0. The van der Waals surface area contributed by atoms with Crippen molar-refractivity contribution < 1.29 is 19.1 Å². The molecule has 29 heavy (non-hydrogen) atoms. The van der Waals surface area contributed by atoms with Crippen LogP contribution < -0.4 is 20.1 Å². The monoisotopic (exact) mass is 416 g/mol. The number of rotatable bonds is 8. The van der Waals surface area contributed by atoms with E-state index >= 15 is 0 Å². The molecule has 154 valence electrons. The number of ether oxygens (including phenoxy) is 2. The van der Waals surface area contributed by atoms with Crippen LogP contribution >= 0.6 is 11.6 Å². The summed E-state index contributed by atoms with van der Waals surface area (Å²) in [5.74, 6) is 0.561. The summed E-state index contributed by atoms with van der Waals surface area (Å²) in [5, 5.41) is 6.29. The second-order valence-corrected chi connectivity index (χ2v) is 7.46. The normalized spacial score (nSPS) is 12.5. The Hall–Kier alpha value is -2.73. The number of carbonyl (C=O) groups excluding carboxylic acids is 2. The van der Waals surface area contributed by atoms with E-state index in [2.05, 4.69) is 24.5 Å². The summed E-state index contributed by atoms with van der Waals surface area (Å²) < 4.78 is 10.5. The minimum absolute atomic E-state index is 0.0998. The van der Waals surface area contributed by atoms with E-state index in [1.807, 2.05) is 24.3 Å². The third-order valence-corrected chi connectivity index (χ3v) is 5.73. The van der Waals surface area contributed by atoms with Gasteiger partial charge in [0.1, 0.15) is 0 Å². The zero-order valence-electron chi connectivity index (χ0n) is 16.6. The number of hydrogen-bond acceptors (Lipinski definition) is 4. The number of halogens is 1. The van der Waals surface area contributed by atoms with Crippen molar-refractivity contribution in [2.24, 2.45) is 0 Å². The third kappa shape index (κ3) is 4.82. The van der Waals surface area contributed by atoms with E-state index < -0.39 is 0 Å². The van der Waals surface area contributed by atoms with Gasteiger partial charge in [-0.1, -0.05) is 37.6 Å². The molecule has 0 saturated carbocycles. The van der Waals surface area contributed by atoms with Crippen LogP contribution in [0.3, 0.4) is 0 Å². The molecule has 0 spiro atoms. The Morgan fingerprint density at radius 2 is 1.69 bits per heavy atom. The van der Waals surface area contributed by atoms with Crippen molar-refractivity contribution in [2.75, 3.05) is 19.9 Å². The maximum atomic E-state index is 12.3. The van der Waals surface area contributed by atoms with Gasteiger partial charge in [-0.3, -0.25) is 9.59 Å². The van der Waals surface area contributed by atoms with Crippen molar-refractivity contribution in [3.63, 3.8) is 0 Å². The van der Waals surface area contributed by atoms with Crippen LogP contribution in [0, 0.1) is 0 Å². The Morgan fingerprint density at radius 3 is 2.38 bits per heavy atom. The molecular formula is C22H25ClN2O4. The molecule has 1 heterocycles. The van der Waals surface area contributed by atoms with Crippen molar-refractivity contribution >= 4 is 23.4 Å². The summed E-state index contributed by atoms with van der Waals surface area (Å²) in [6.45, 7) is 4.74. The van der Waals surface area contributed by atoms with Crippen LogP contribution in [0.4, 0.5) is 0 Å². The molecule has 0 fully saturated rings. The summed E-state index contributed by atoms with van der Waals surface area (Å²) in [5.41, 5.74) is 1.37. The number of amides is 2. The topological polar surface area (TPSA) is 76.7 Å². The second kappa shape index (κ2) is 9.18. The van der Waals surface area contributed by atoms with Crippen LogP contribution in [0.2, 0.25) is 5.02 Å². The lowest BCUT2D eigenvalue weighted by Gasteiger charge is -2.32. The molecule has 1 aliphatic heterocycles. The van der Waals surface area contributed by atoms with Crippen molar-refractivity contribution in [3.05, 3.63) is 58.6 Å². The predicted octanol–water partition coefficient (Wildman–Crippen LogP) is 3.67. The Kier molecular flexibility index (Phi) is 6.64. The molecule has 3 rings (SSSR count). The van der Waals surface area contributed by atoms with Crippen molar-refractivity contribution in [1.82, 2.24) is 10.6 Å². The van der Waals surface area contributed by atoms with E-state index in [0.29, 0.717) is 28.6 Å². The number of hydrogen-bond donors (Lipinski definition) is 2. The zero-order valence-corrected chi connectivity index (χ0v) is 17.3. The SMILES string of the molecule is CCC(CC)(CNC(=O)CNC(=O)c1ccc2c(c1)OCO2)c1ccc(Cl)cc1. The van der Waals surface area contributed by atoms with E-state index in [1.54, 1.807) is 18.2 Å². The fourth-order valence-electron chi connectivity index (χ4n) is 3.44. The quantitative estimate of drug-likeness (QED) is 0.688. The Labute approximate surface area is 175 Å². The molecule has 0 aliphatic carbocycles. The second-order valence-electron chi connectivity index (χ2n) is 7.02. The van der Waals surface area contributed by atoms with Crippen LogP contribution in [0.5, 0.6) is 11.5 Å². The summed E-state index contributed by atoms with van der Waals surface area (Å²) in [6, 6.07) is 12.7. The molecule has 1 aliphatic rings. The molecule has 0 saturated heterocycles. The third-order valence-electron chi connectivity index (χ3n) is 5.48. The molecule has 7 heteroatoms. The van der Waals surface area contributed by atoms with Gasteiger partial charge in [0, 0.05) is 22.5 Å². The van der Waals surface area contributed by atoms with E-state index in [1.165, 1.54) is 0 Å². The highest BCUT2D eigenvalue weighted by atomic mass is 35.5. The van der Waals surface area contributed by atoms with Gasteiger partial charge in [0.25, 0.3) is 5.91 Å². The summed E-state index contributed by atoms with van der Waals surface area (Å²) >= 11 is 6.00. The van der Waals surface area contributed by atoms with E-state index in [4.69, 9.17) is 21.1 Å². The molecule has 0 unspecified atom stereocenters. The smallest absolute Gasteiger partial charge is 0.251 e. The van der Waals surface area contributed by atoms with Crippen molar-refractivity contribution in [1.29, 1.82) is 0 Å². The van der Waals surface area contributed by atoms with Crippen LogP contribution in [-0.2, 0) is 10.2 Å². The zero-order chi connectivity index (χ0) is 20.9. The predicted molar refractivity (Wildman–Crippen MR) is 112 cm³/mol. The minimum Gasteiger partial charge on any atom is -0.454 e. The minimum atomic E-state index is -0.339. The van der Waals surface area contributed by atoms with Gasteiger partial charge < -0.3 is 20.1 Å². The fourth-order valence-corrected chi connectivity index (χ4v) is 3.57. The van der Waals surface area contributed by atoms with Gasteiger partial charge in [-0.2, -0.15) is 0 Å². The maximum absolute atomic E-state index is 12.3. The van der Waals surface area contributed by atoms with Crippen LogP contribution in [0.1, 0.15) is 42.6 Å². The molecular weight excluding hydrogens is 392 g/mol. The Morgan fingerprint density at radius 1 is 1.00 bits per heavy atom. The molecule has 2 aromatic rings. The molecule has 2 N–H and O–H groups in total. The molecule has 2 amide bonds.